The third-order valence-corrected chi connectivity index (χ3v) is 7.76. The number of piperidine rings is 1. The van der Waals surface area contributed by atoms with Crippen molar-refractivity contribution in [2.24, 2.45) is 0 Å². The Morgan fingerprint density at radius 1 is 1.31 bits per heavy atom. The number of β-amino-alcohol motifs (C(OH)–C–C–N with tert-alkyl or cyclic N) is 1. The second-order valence-corrected chi connectivity index (χ2v) is 10.1. The van der Waals surface area contributed by atoms with Crippen LogP contribution in [0.15, 0.2) is 53.6 Å². The lowest BCUT2D eigenvalue weighted by Crippen LogP contribution is -2.53. The van der Waals surface area contributed by atoms with Crippen LogP contribution in [0.4, 0.5) is 10.1 Å². The lowest BCUT2D eigenvalue weighted by Gasteiger charge is -2.37. The SMILES string of the molecule is COc1ccc2nccc([C@@H](O)CN3CC[C@@H](NCC4Sc5ccccc5NC4=O)[C@@H](F)C3)c2n1. The van der Waals surface area contributed by atoms with Crippen molar-refractivity contribution in [3.8, 4) is 5.88 Å². The van der Waals surface area contributed by atoms with Crippen LogP contribution < -0.4 is 15.4 Å². The molecule has 0 spiro atoms. The van der Waals surface area contributed by atoms with E-state index in [4.69, 9.17) is 4.74 Å². The standard InChI is InChI=1S/C25H28FN5O3S/c1-34-23-7-6-19-24(30-23)15(8-10-27-19)20(32)14-31-11-9-17(16(26)13-31)28-12-22-25(33)29-18-4-2-3-5-21(18)35-22/h2-8,10,16-17,20,22,28,32H,9,11-14H2,1H3,(H,29,33)/t16-,17+,20-,22?/m0/s1. The molecule has 1 unspecified atom stereocenters. The molecule has 1 fully saturated rings. The second kappa shape index (κ2) is 10.4. The van der Waals surface area contributed by atoms with Crippen LogP contribution in [0.1, 0.15) is 18.1 Å². The fourth-order valence-electron chi connectivity index (χ4n) is 4.60. The summed E-state index contributed by atoms with van der Waals surface area (Å²) >= 11 is 1.50. The van der Waals surface area contributed by atoms with Crippen molar-refractivity contribution >= 4 is 34.4 Å². The average molecular weight is 498 g/mol. The number of anilines is 1. The number of nitrogens with zero attached hydrogens (tertiary/aromatic N) is 3. The third-order valence-electron chi connectivity index (χ3n) is 6.49. The molecule has 3 N–H and O–H groups in total. The van der Waals surface area contributed by atoms with E-state index in [1.165, 1.54) is 11.8 Å². The Morgan fingerprint density at radius 3 is 3.00 bits per heavy atom. The first-order chi connectivity index (χ1) is 17.0. The number of nitrogens with one attached hydrogen (secondary N) is 2. The van der Waals surface area contributed by atoms with Gasteiger partial charge in [-0.15, -0.1) is 11.8 Å². The highest BCUT2D eigenvalue weighted by atomic mass is 32.2. The maximum Gasteiger partial charge on any atom is 0.239 e. The summed E-state index contributed by atoms with van der Waals surface area (Å²) in [5.74, 6) is 0.384. The number of alkyl halides is 1. The smallest absolute Gasteiger partial charge is 0.239 e. The van der Waals surface area contributed by atoms with Gasteiger partial charge >= 0.3 is 0 Å². The van der Waals surface area contributed by atoms with Crippen molar-refractivity contribution in [2.45, 2.75) is 34.9 Å². The largest absolute Gasteiger partial charge is 0.481 e. The molecular weight excluding hydrogens is 469 g/mol. The van der Waals surface area contributed by atoms with Crippen LogP contribution >= 0.6 is 11.8 Å². The quantitative estimate of drug-likeness (QED) is 0.458. The molecule has 4 atom stereocenters. The van der Waals surface area contributed by atoms with Crippen molar-refractivity contribution in [3.05, 3.63) is 54.2 Å². The van der Waals surface area contributed by atoms with E-state index in [2.05, 4.69) is 20.6 Å². The number of thioether (sulfide) groups is 1. The van der Waals surface area contributed by atoms with E-state index in [0.29, 0.717) is 48.5 Å². The Morgan fingerprint density at radius 2 is 2.17 bits per heavy atom. The van der Waals surface area contributed by atoms with Gasteiger partial charge in [0.1, 0.15) is 11.4 Å². The first-order valence-electron chi connectivity index (χ1n) is 11.7. The Balaban J connectivity index is 1.16. The molecule has 184 valence electrons. The number of para-hydroxylation sites is 1. The molecule has 1 aromatic carbocycles. The second-order valence-electron chi connectivity index (χ2n) is 8.81. The van der Waals surface area contributed by atoms with E-state index in [-0.39, 0.29) is 23.7 Å². The first-order valence-corrected chi connectivity index (χ1v) is 12.5. The minimum absolute atomic E-state index is 0.0630. The van der Waals surface area contributed by atoms with Gasteiger partial charge in [-0.2, -0.15) is 0 Å². The molecule has 2 aliphatic rings. The molecule has 35 heavy (non-hydrogen) atoms. The number of fused-ring (bicyclic) bond motifs is 2. The van der Waals surface area contributed by atoms with Crippen molar-refractivity contribution in [3.63, 3.8) is 0 Å². The number of aliphatic hydroxyl groups excluding tert-OH is 1. The number of likely N-dealkylation sites (tertiary alicyclic amines) is 1. The number of halogens is 1. The van der Waals surface area contributed by atoms with Crippen LogP contribution in [0.5, 0.6) is 5.88 Å². The molecule has 1 saturated heterocycles. The van der Waals surface area contributed by atoms with Crippen molar-refractivity contribution in [2.75, 3.05) is 38.6 Å². The summed E-state index contributed by atoms with van der Waals surface area (Å²) in [5.41, 5.74) is 2.72. The van der Waals surface area contributed by atoms with E-state index >= 15 is 4.39 Å². The molecule has 10 heteroatoms. The van der Waals surface area contributed by atoms with Crippen LogP contribution in [0.3, 0.4) is 0 Å². The minimum Gasteiger partial charge on any atom is -0.481 e. The zero-order valence-corrected chi connectivity index (χ0v) is 20.2. The number of aliphatic hydroxyl groups is 1. The van der Waals surface area contributed by atoms with E-state index in [0.717, 1.165) is 10.6 Å². The van der Waals surface area contributed by atoms with E-state index < -0.39 is 12.3 Å². The van der Waals surface area contributed by atoms with E-state index in [9.17, 15) is 9.90 Å². The van der Waals surface area contributed by atoms with Crippen molar-refractivity contribution < 1.29 is 19.0 Å². The van der Waals surface area contributed by atoms with Gasteiger partial charge in [-0.1, -0.05) is 12.1 Å². The van der Waals surface area contributed by atoms with Gasteiger partial charge in [0.25, 0.3) is 0 Å². The average Bonchev–Trinajstić information content (AvgIpc) is 2.87. The molecule has 0 aliphatic carbocycles. The Hall–Kier alpha value is -2.79. The van der Waals surface area contributed by atoms with E-state index in [1.54, 1.807) is 31.5 Å². The highest BCUT2D eigenvalue weighted by Crippen LogP contribution is 2.35. The number of amides is 1. The summed E-state index contributed by atoms with van der Waals surface area (Å²) in [6, 6.07) is 12.6. The summed E-state index contributed by atoms with van der Waals surface area (Å²) in [6.45, 7) is 1.54. The number of carbonyl (C=O) groups excluding carboxylic acids is 1. The van der Waals surface area contributed by atoms with Crippen LogP contribution in [-0.2, 0) is 4.79 Å². The van der Waals surface area contributed by atoms with Crippen molar-refractivity contribution in [1.82, 2.24) is 20.2 Å². The van der Waals surface area contributed by atoms with Crippen LogP contribution in [0.2, 0.25) is 0 Å². The molecule has 4 heterocycles. The number of hydrogen-bond donors (Lipinski definition) is 3. The number of methoxy groups -OCH3 is 1. The molecule has 1 amide bonds. The highest BCUT2D eigenvalue weighted by Gasteiger charge is 2.33. The molecule has 0 saturated carbocycles. The summed E-state index contributed by atoms with van der Waals surface area (Å²) in [7, 11) is 1.54. The molecule has 0 radical (unpaired) electrons. The first kappa shape index (κ1) is 23.9. The van der Waals surface area contributed by atoms with Crippen LogP contribution in [0.25, 0.3) is 11.0 Å². The normalized spacial score (nSPS) is 23.5. The van der Waals surface area contributed by atoms with Gasteiger partial charge in [0.05, 0.1) is 29.9 Å². The number of benzene rings is 1. The van der Waals surface area contributed by atoms with Crippen LogP contribution in [-0.4, -0.2) is 76.6 Å². The van der Waals surface area contributed by atoms with Crippen LogP contribution in [0, 0.1) is 0 Å². The monoisotopic (exact) mass is 497 g/mol. The lowest BCUT2D eigenvalue weighted by atomic mass is 10.0. The van der Waals surface area contributed by atoms with E-state index in [1.807, 2.05) is 29.2 Å². The molecule has 8 nitrogen and oxygen atoms in total. The summed E-state index contributed by atoms with van der Waals surface area (Å²) in [6.07, 6.45) is 0.291. The fraction of sp³-hybridized carbons (Fsp3) is 0.400. The van der Waals surface area contributed by atoms with Gasteiger partial charge in [-0.3, -0.25) is 14.7 Å². The summed E-state index contributed by atoms with van der Waals surface area (Å²) in [5, 5.41) is 16.8. The third kappa shape index (κ3) is 5.25. The predicted octanol–water partition coefficient (Wildman–Crippen LogP) is 2.79. The summed E-state index contributed by atoms with van der Waals surface area (Å²) in [4.78, 5) is 24.1. The maximum absolute atomic E-state index is 15.1. The minimum atomic E-state index is -1.10. The Labute approximate surface area is 207 Å². The molecule has 3 aromatic rings. The lowest BCUT2D eigenvalue weighted by molar-refractivity contribution is -0.115. The topological polar surface area (TPSA) is 99.6 Å². The molecule has 0 bridgehead atoms. The van der Waals surface area contributed by atoms with Gasteiger partial charge in [0.15, 0.2) is 0 Å². The highest BCUT2D eigenvalue weighted by molar-refractivity contribution is 8.01. The molecule has 5 rings (SSSR count). The number of rotatable bonds is 7. The van der Waals surface area contributed by atoms with Gasteiger partial charge in [0, 0.05) is 48.4 Å². The van der Waals surface area contributed by atoms with Gasteiger partial charge < -0.3 is 20.5 Å². The molecule has 2 aromatic heterocycles. The van der Waals surface area contributed by atoms with Gasteiger partial charge in [-0.05, 0) is 37.2 Å². The zero-order chi connectivity index (χ0) is 24.4. The number of hydrogen-bond acceptors (Lipinski definition) is 8. The summed E-state index contributed by atoms with van der Waals surface area (Å²) < 4.78 is 20.3. The number of ether oxygens (including phenoxy) is 1. The van der Waals surface area contributed by atoms with Gasteiger partial charge in [-0.25, -0.2) is 9.37 Å². The van der Waals surface area contributed by atoms with Crippen molar-refractivity contribution in [1.29, 1.82) is 0 Å². The fourth-order valence-corrected chi connectivity index (χ4v) is 5.66. The zero-order valence-electron chi connectivity index (χ0n) is 19.4. The number of carbonyl (C=O) groups is 1. The number of aromatic nitrogens is 2. The van der Waals surface area contributed by atoms with Gasteiger partial charge in [0.2, 0.25) is 11.8 Å². The Bertz CT molecular complexity index is 1210. The molecular formula is C25H28FN5O3S. The predicted molar refractivity (Wildman–Crippen MR) is 134 cm³/mol. The maximum atomic E-state index is 15.1. The Kier molecular flexibility index (Phi) is 7.14. The molecule has 2 aliphatic heterocycles. The number of pyridine rings is 2.